The van der Waals surface area contributed by atoms with Crippen molar-refractivity contribution in [3.05, 3.63) is 0 Å². The summed E-state index contributed by atoms with van der Waals surface area (Å²) in [5.41, 5.74) is 0. The van der Waals surface area contributed by atoms with Crippen LogP contribution in [0.2, 0.25) is 0 Å². The molecule has 98 valence electrons. The third-order valence-electron chi connectivity index (χ3n) is 2.65. The summed E-state index contributed by atoms with van der Waals surface area (Å²) in [5, 5.41) is 0. The van der Waals surface area contributed by atoms with Crippen LogP contribution in [0.1, 0.15) is 58.3 Å². The van der Waals surface area contributed by atoms with Crippen LogP contribution in [0.15, 0.2) is 0 Å². The van der Waals surface area contributed by atoms with Gasteiger partial charge >= 0.3 is 0 Å². The Morgan fingerprint density at radius 2 is 1.31 bits per heavy atom. The van der Waals surface area contributed by atoms with Gasteiger partial charge in [0.25, 0.3) is 0 Å². The molecule has 0 aliphatic carbocycles. The maximum Gasteiger partial charge on any atom is 0.150 e. The molecule has 0 aliphatic heterocycles. The molecule has 0 fully saturated rings. The van der Waals surface area contributed by atoms with Gasteiger partial charge in [0.15, 0.2) is 0 Å². The van der Waals surface area contributed by atoms with Crippen molar-refractivity contribution in [3.8, 4) is 0 Å². The molecular weight excluding hydrogens is 244 g/mol. The zero-order valence-electron chi connectivity index (χ0n) is 10.4. The van der Waals surface area contributed by atoms with Crippen LogP contribution in [-0.2, 0) is 9.84 Å². The second-order valence-electron chi connectivity index (χ2n) is 4.32. The Labute approximate surface area is 106 Å². The molecule has 0 N–H and O–H groups in total. The number of unbranched alkanes of at least 4 members (excludes halogenated alkanes) is 6. The number of alkyl halides is 1. The van der Waals surface area contributed by atoms with Gasteiger partial charge in [-0.25, -0.2) is 8.42 Å². The molecule has 0 saturated heterocycles. The maximum absolute atomic E-state index is 11.6. The molecule has 0 bridgehead atoms. The first-order valence-corrected chi connectivity index (χ1v) is 8.74. The molecule has 0 aliphatic rings. The van der Waals surface area contributed by atoms with E-state index >= 15 is 0 Å². The highest BCUT2D eigenvalue weighted by Gasteiger charge is 2.09. The van der Waals surface area contributed by atoms with Crippen molar-refractivity contribution in [2.45, 2.75) is 58.3 Å². The number of halogens is 1. The van der Waals surface area contributed by atoms with Crippen molar-refractivity contribution < 1.29 is 8.42 Å². The second kappa shape index (κ2) is 10.4. The Bertz CT molecular complexity index is 237. The van der Waals surface area contributed by atoms with E-state index in [1.54, 1.807) is 0 Å². The van der Waals surface area contributed by atoms with Gasteiger partial charge in [-0.1, -0.05) is 39.0 Å². The average molecular weight is 269 g/mol. The number of sulfone groups is 1. The zero-order chi connectivity index (χ0) is 12.3. The summed E-state index contributed by atoms with van der Waals surface area (Å²) in [5.74, 6) is 1.24. The van der Waals surface area contributed by atoms with Crippen molar-refractivity contribution >= 4 is 21.4 Å². The van der Waals surface area contributed by atoms with Crippen LogP contribution < -0.4 is 0 Å². The quantitative estimate of drug-likeness (QED) is 0.422. The van der Waals surface area contributed by atoms with Crippen LogP contribution in [0.5, 0.6) is 0 Å². The largest absolute Gasteiger partial charge is 0.229 e. The summed E-state index contributed by atoms with van der Waals surface area (Å²) < 4.78 is 23.1. The Balaban J connectivity index is 3.43. The fraction of sp³-hybridized carbons (Fsp3) is 1.00. The first-order valence-electron chi connectivity index (χ1n) is 6.39. The van der Waals surface area contributed by atoms with E-state index in [-0.39, 0.29) is 0 Å². The molecular formula is C12H25ClO2S. The number of rotatable bonds is 11. The van der Waals surface area contributed by atoms with Gasteiger partial charge in [0.2, 0.25) is 0 Å². The summed E-state index contributed by atoms with van der Waals surface area (Å²) in [6, 6.07) is 0. The highest BCUT2D eigenvalue weighted by atomic mass is 35.5. The summed E-state index contributed by atoms with van der Waals surface area (Å²) >= 11 is 5.51. The van der Waals surface area contributed by atoms with Crippen LogP contribution >= 0.6 is 11.6 Å². The van der Waals surface area contributed by atoms with E-state index < -0.39 is 9.84 Å². The van der Waals surface area contributed by atoms with E-state index in [1.807, 2.05) is 0 Å². The van der Waals surface area contributed by atoms with Crippen LogP contribution in [0, 0.1) is 0 Å². The molecule has 0 rings (SSSR count). The maximum atomic E-state index is 11.6. The third-order valence-corrected chi connectivity index (χ3v) is 4.74. The van der Waals surface area contributed by atoms with Crippen LogP contribution in [-0.4, -0.2) is 25.8 Å². The van der Waals surface area contributed by atoms with Crippen LogP contribution in [0.3, 0.4) is 0 Å². The lowest BCUT2D eigenvalue weighted by Gasteiger charge is -2.03. The molecule has 0 radical (unpaired) electrons. The van der Waals surface area contributed by atoms with E-state index in [1.165, 1.54) is 25.7 Å². The Morgan fingerprint density at radius 1 is 0.812 bits per heavy atom. The van der Waals surface area contributed by atoms with Gasteiger partial charge < -0.3 is 0 Å². The third kappa shape index (κ3) is 10.7. The number of hydrogen-bond acceptors (Lipinski definition) is 2. The lowest BCUT2D eigenvalue weighted by molar-refractivity contribution is 0.581. The minimum Gasteiger partial charge on any atom is -0.229 e. The van der Waals surface area contributed by atoms with E-state index in [2.05, 4.69) is 6.92 Å². The minimum absolute atomic E-state index is 0.314. The molecule has 0 spiro atoms. The first kappa shape index (κ1) is 16.2. The number of hydrogen-bond donors (Lipinski definition) is 0. The monoisotopic (exact) mass is 268 g/mol. The van der Waals surface area contributed by atoms with E-state index in [4.69, 9.17) is 11.6 Å². The molecule has 0 unspecified atom stereocenters. The predicted molar refractivity (Wildman–Crippen MR) is 72.0 cm³/mol. The smallest absolute Gasteiger partial charge is 0.150 e. The molecule has 0 heterocycles. The summed E-state index contributed by atoms with van der Waals surface area (Å²) in [6.45, 7) is 2.18. The van der Waals surface area contributed by atoms with Crippen molar-refractivity contribution in [2.24, 2.45) is 0 Å². The lowest BCUT2D eigenvalue weighted by Crippen LogP contribution is -2.11. The molecule has 4 heteroatoms. The molecule has 0 aromatic rings. The van der Waals surface area contributed by atoms with Crippen molar-refractivity contribution in [3.63, 3.8) is 0 Å². The summed E-state index contributed by atoms with van der Waals surface area (Å²) in [4.78, 5) is 0. The van der Waals surface area contributed by atoms with Gasteiger partial charge in [-0.3, -0.25) is 0 Å². The van der Waals surface area contributed by atoms with Gasteiger partial charge in [-0.05, 0) is 19.3 Å². The standard InChI is InChI=1S/C12H25ClO2S/c1-2-3-4-5-6-8-11-16(14,15)12-9-7-10-13/h2-12H2,1H3. The summed E-state index contributed by atoms with van der Waals surface area (Å²) in [6.07, 6.45) is 8.30. The van der Waals surface area contributed by atoms with E-state index in [9.17, 15) is 8.42 Å². The van der Waals surface area contributed by atoms with Gasteiger partial charge in [0.1, 0.15) is 9.84 Å². The molecule has 0 atom stereocenters. The fourth-order valence-corrected chi connectivity index (χ4v) is 3.30. The molecule has 0 aromatic carbocycles. The van der Waals surface area contributed by atoms with Crippen LogP contribution in [0.4, 0.5) is 0 Å². The highest BCUT2D eigenvalue weighted by molar-refractivity contribution is 7.91. The van der Waals surface area contributed by atoms with Gasteiger partial charge in [-0.2, -0.15) is 0 Å². The Hall–Kier alpha value is 0.240. The van der Waals surface area contributed by atoms with Crippen molar-refractivity contribution in [1.82, 2.24) is 0 Å². The predicted octanol–water partition coefficient (Wildman–Crippen LogP) is 3.78. The van der Waals surface area contributed by atoms with Gasteiger partial charge in [0.05, 0.1) is 11.5 Å². The SMILES string of the molecule is CCCCCCCCS(=O)(=O)CCCCCl. The Kier molecular flexibility index (Phi) is 10.6. The van der Waals surface area contributed by atoms with Crippen molar-refractivity contribution in [2.75, 3.05) is 17.4 Å². The topological polar surface area (TPSA) is 34.1 Å². The average Bonchev–Trinajstić information content (AvgIpc) is 2.23. The molecule has 16 heavy (non-hydrogen) atoms. The molecule has 0 aromatic heterocycles. The lowest BCUT2D eigenvalue weighted by atomic mass is 10.1. The normalized spacial score (nSPS) is 11.9. The zero-order valence-corrected chi connectivity index (χ0v) is 12.0. The highest BCUT2D eigenvalue weighted by Crippen LogP contribution is 2.07. The van der Waals surface area contributed by atoms with Gasteiger partial charge in [-0.15, -0.1) is 11.6 Å². The first-order chi connectivity index (χ1) is 7.62. The second-order valence-corrected chi connectivity index (χ2v) is 7.00. The van der Waals surface area contributed by atoms with Gasteiger partial charge in [0, 0.05) is 5.88 Å². The molecule has 0 saturated carbocycles. The van der Waals surface area contributed by atoms with Crippen molar-refractivity contribution in [1.29, 1.82) is 0 Å². The molecule has 0 amide bonds. The Morgan fingerprint density at radius 3 is 1.88 bits per heavy atom. The van der Waals surface area contributed by atoms with E-state index in [0.717, 1.165) is 19.3 Å². The van der Waals surface area contributed by atoms with E-state index in [0.29, 0.717) is 23.8 Å². The van der Waals surface area contributed by atoms with Crippen LogP contribution in [0.25, 0.3) is 0 Å². The minimum atomic E-state index is -2.81. The fourth-order valence-electron chi connectivity index (χ4n) is 1.62. The molecule has 2 nitrogen and oxygen atoms in total. The summed E-state index contributed by atoms with van der Waals surface area (Å²) in [7, 11) is -2.81.